The maximum absolute atomic E-state index is 13.1. The predicted octanol–water partition coefficient (Wildman–Crippen LogP) is 3.81. The van der Waals surface area contributed by atoms with Gasteiger partial charge in [0, 0.05) is 11.6 Å². The van der Waals surface area contributed by atoms with Crippen LogP contribution in [-0.4, -0.2) is 46.3 Å². The Morgan fingerprint density at radius 3 is 2.30 bits per heavy atom. The molecule has 2 fully saturated rings. The number of hydrogen-bond acceptors (Lipinski definition) is 4. The zero-order chi connectivity index (χ0) is 21.1. The van der Waals surface area contributed by atoms with E-state index >= 15 is 0 Å². The van der Waals surface area contributed by atoms with E-state index < -0.39 is 18.2 Å². The maximum Gasteiger partial charge on any atom is 0.411 e. The largest absolute Gasteiger partial charge is 0.445 e. The fourth-order valence-corrected chi connectivity index (χ4v) is 4.37. The normalized spacial score (nSPS) is 21.0. The van der Waals surface area contributed by atoms with Crippen LogP contribution in [0.25, 0.3) is 0 Å². The second-order valence-corrected chi connectivity index (χ2v) is 8.05. The third kappa shape index (κ3) is 4.19. The predicted molar refractivity (Wildman–Crippen MR) is 112 cm³/mol. The van der Waals surface area contributed by atoms with Crippen molar-refractivity contribution >= 4 is 29.5 Å². The Morgan fingerprint density at radius 2 is 1.63 bits per heavy atom. The standard InChI is InChI=1S/C23H23ClN2O4/c24-18-9-4-8-16(14-18)12-13-25-21(27)19-10-5-11-20(22(25)28)26(19)23(29)30-15-17-6-2-1-3-7-17/h1-4,6-9,14,19-20H,5,10-13,15H2/t19-,20+. The highest BCUT2D eigenvalue weighted by molar-refractivity contribution is 6.30. The van der Waals surface area contributed by atoms with E-state index in [0.717, 1.165) is 17.5 Å². The number of amides is 3. The molecular formula is C23H23ClN2O4. The zero-order valence-corrected chi connectivity index (χ0v) is 17.3. The molecular weight excluding hydrogens is 404 g/mol. The molecule has 0 spiro atoms. The second kappa shape index (κ2) is 8.88. The van der Waals surface area contributed by atoms with Crippen molar-refractivity contribution in [1.29, 1.82) is 0 Å². The minimum absolute atomic E-state index is 0.108. The third-order valence-corrected chi connectivity index (χ3v) is 5.89. The first-order chi connectivity index (χ1) is 14.5. The average Bonchev–Trinajstić information content (AvgIpc) is 2.76. The Bertz CT molecular complexity index is 925. The number of benzene rings is 2. The van der Waals surface area contributed by atoms with E-state index in [1.807, 2.05) is 48.5 Å². The van der Waals surface area contributed by atoms with Gasteiger partial charge >= 0.3 is 6.09 Å². The van der Waals surface area contributed by atoms with Gasteiger partial charge in [0.2, 0.25) is 0 Å². The number of nitrogens with zero attached hydrogens (tertiary/aromatic N) is 2. The molecule has 0 saturated carbocycles. The first kappa shape index (κ1) is 20.4. The number of halogens is 1. The van der Waals surface area contributed by atoms with E-state index in [2.05, 4.69) is 0 Å². The molecule has 30 heavy (non-hydrogen) atoms. The second-order valence-electron chi connectivity index (χ2n) is 7.62. The molecule has 0 N–H and O–H groups in total. The molecule has 3 amide bonds. The van der Waals surface area contributed by atoms with E-state index in [0.29, 0.717) is 24.3 Å². The van der Waals surface area contributed by atoms with Gasteiger partial charge in [-0.1, -0.05) is 54.1 Å². The van der Waals surface area contributed by atoms with E-state index in [-0.39, 0.29) is 25.0 Å². The van der Waals surface area contributed by atoms with Crippen LogP contribution in [0.3, 0.4) is 0 Å². The molecule has 2 atom stereocenters. The number of rotatable bonds is 5. The van der Waals surface area contributed by atoms with E-state index in [9.17, 15) is 14.4 Å². The summed E-state index contributed by atoms with van der Waals surface area (Å²) in [4.78, 5) is 41.5. The third-order valence-electron chi connectivity index (χ3n) is 5.66. The lowest BCUT2D eigenvalue weighted by Gasteiger charge is -2.46. The first-order valence-corrected chi connectivity index (χ1v) is 10.5. The number of carbonyl (C=O) groups excluding carboxylic acids is 3. The van der Waals surface area contributed by atoms with Gasteiger partial charge in [-0.15, -0.1) is 0 Å². The highest BCUT2D eigenvalue weighted by Gasteiger charge is 2.50. The summed E-state index contributed by atoms with van der Waals surface area (Å²) in [6.45, 7) is 0.383. The van der Waals surface area contributed by atoms with Crippen LogP contribution >= 0.6 is 11.6 Å². The van der Waals surface area contributed by atoms with Gasteiger partial charge in [-0.2, -0.15) is 0 Å². The summed E-state index contributed by atoms with van der Waals surface area (Å²) in [6, 6.07) is 15.4. The van der Waals surface area contributed by atoms with Gasteiger partial charge in [0.25, 0.3) is 11.8 Å². The topological polar surface area (TPSA) is 66.9 Å². The number of fused-ring (bicyclic) bond motifs is 2. The Morgan fingerprint density at radius 1 is 0.967 bits per heavy atom. The molecule has 2 aromatic carbocycles. The summed E-state index contributed by atoms with van der Waals surface area (Å²) >= 11 is 6.02. The molecule has 2 saturated heterocycles. The summed E-state index contributed by atoms with van der Waals surface area (Å²) < 4.78 is 5.43. The van der Waals surface area contributed by atoms with Crippen molar-refractivity contribution in [3.8, 4) is 0 Å². The molecule has 2 aliphatic heterocycles. The molecule has 2 bridgehead atoms. The van der Waals surface area contributed by atoms with Gasteiger partial charge in [-0.3, -0.25) is 19.4 Å². The molecule has 2 aromatic rings. The van der Waals surface area contributed by atoms with Crippen LogP contribution in [0.5, 0.6) is 0 Å². The quantitative estimate of drug-likeness (QED) is 0.682. The van der Waals surface area contributed by atoms with Gasteiger partial charge in [-0.25, -0.2) is 4.79 Å². The number of imide groups is 1. The van der Waals surface area contributed by atoms with Gasteiger partial charge in [0.15, 0.2) is 0 Å². The summed E-state index contributed by atoms with van der Waals surface area (Å²) in [5.74, 6) is -0.649. The molecule has 4 rings (SSSR count). The van der Waals surface area contributed by atoms with Crippen molar-refractivity contribution in [2.45, 2.75) is 44.4 Å². The maximum atomic E-state index is 13.1. The minimum atomic E-state index is -0.649. The summed E-state index contributed by atoms with van der Waals surface area (Å²) in [5.41, 5.74) is 1.81. The highest BCUT2D eigenvalue weighted by atomic mass is 35.5. The highest BCUT2D eigenvalue weighted by Crippen LogP contribution is 2.31. The fourth-order valence-electron chi connectivity index (χ4n) is 4.16. The van der Waals surface area contributed by atoms with E-state index in [4.69, 9.17) is 16.3 Å². The number of piperidine rings is 1. The lowest BCUT2D eigenvalue weighted by atomic mass is 9.90. The number of carbonyl (C=O) groups is 3. The van der Waals surface area contributed by atoms with Crippen molar-refractivity contribution in [3.05, 3.63) is 70.7 Å². The molecule has 0 unspecified atom stereocenters. The van der Waals surface area contributed by atoms with Gasteiger partial charge in [-0.05, 0) is 48.9 Å². The minimum Gasteiger partial charge on any atom is -0.445 e. The molecule has 0 radical (unpaired) electrons. The van der Waals surface area contributed by atoms with Crippen LogP contribution < -0.4 is 0 Å². The van der Waals surface area contributed by atoms with Gasteiger partial charge in [0.1, 0.15) is 18.7 Å². The SMILES string of the molecule is O=C1[C@H]2CCC[C@@H](C(=O)N1CCc1cccc(Cl)c1)N2C(=O)OCc1ccccc1. The number of likely N-dealkylation sites (tertiary alicyclic amines) is 1. The Balaban J connectivity index is 1.45. The summed E-state index contributed by atoms with van der Waals surface area (Å²) in [5, 5.41) is 0.619. The van der Waals surface area contributed by atoms with Crippen molar-refractivity contribution in [3.63, 3.8) is 0 Å². The van der Waals surface area contributed by atoms with Crippen molar-refractivity contribution in [2.75, 3.05) is 6.54 Å². The Labute approximate surface area is 180 Å². The number of hydrogen-bond donors (Lipinski definition) is 0. The number of piperazine rings is 1. The Hall–Kier alpha value is -2.86. The van der Waals surface area contributed by atoms with Gasteiger partial charge in [0.05, 0.1) is 0 Å². The van der Waals surface area contributed by atoms with Crippen LogP contribution in [0.2, 0.25) is 5.02 Å². The van der Waals surface area contributed by atoms with Crippen LogP contribution in [0.4, 0.5) is 4.79 Å². The lowest BCUT2D eigenvalue weighted by molar-refractivity contribution is -0.162. The van der Waals surface area contributed by atoms with Gasteiger partial charge < -0.3 is 4.74 Å². The van der Waals surface area contributed by atoms with Crippen molar-refractivity contribution < 1.29 is 19.1 Å². The molecule has 2 heterocycles. The van der Waals surface area contributed by atoms with E-state index in [1.165, 1.54) is 9.80 Å². The molecule has 156 valence electrons. The van der Waals surface area contributed by atoms with Crippen molar-refractivity contribution in [1.82, 2.24) is 9.80 Å². The summed E-state index contributed by atoms with van der Waals surface area (Å²) in [6.07, 6.45) is 1.73. The molecule has 2 aliphatic rings. The lowest BCUT2D eigenvalue weighted by Crippen LogP contribution is -2.68. The van der Waals surface area contributed by atoms with E-state index in [1.54, 1.807) is 6.07 Å². The number of ether oxygens (including phenoxy) is 1. The zero-order valence-electron chi connectivity index (χ0n) is 16.5. The average molecular weight is 427 g/mol. The monoisotopic (exact) mass is 426 g/mol. The molecule has 7 heteroatoms. The fraction of sp³-hybridized carbons (Fsp3) is 0.348. The smallest absolute Gasteiger partial charge is 0.411 e. The summed E-state index contributed by atoms with van der Waals surface area (Å²) in [7, 11) is 0. The van der Waals surface area contributed by atoms with Crippen LogP contribution in [0, 0.1) is 0 Å². The molecule has 0 aromatic heterocycles. The van der Waals surface area contributed by atoms with Crippen LogP contribution in [0.1, 0.15) is 30.4 Å². The molecule has 6 nitrogen and oxygen atoms in total. The first-order valence-electron chi connectivity index (χ1n) is 10.1. The van der Waals surface area contributed by atoms with Crippen LogP contribution in [-0.2, 0) is 27.4 Å². The van der Waals surface area contributed by atoms with Crippen LogP contribution in [0.15, 0.2) is 54.6 Å². The van der Waals surface area contributed by atoms with Crippen molar-refractivity contribution in [2.24, 2.45) is 0 Å². The Kier molecular flexibility index (Phi) is 6.04. The molecule has 0 aliphatic carbocycles.